The van der Waals surface area contributed by atoms with E-state index in [0.717, 1.165) is 47.1 Å². The highest BCUT2D eigenvalue weighted by atomic mass is 16.5. The molecule has 1 rings (SSSR count). The van der Waals surface area contributed by atoms with Gasteiger partial charge in [0.15, 0.2) is 5.78 Å². The highest BCUT2D eigenvalue weighted by molar-refractivity contribution is 5.94. The van der Waals surface area contributed by atoms with Crippen LogP contribution in [0.3, 0.4) is 0 Å². The first-order valence-corrected chi connectivity index (χ1v) is 22.9. The third-order valence-electron chi connectivity index (χ3n) is 11.1. The topological polar surface area (TPSA) is 104 Å². The summed E-state index contributed by atoms with van der Waals surface area (Å²) < 4.78 is 5.82. The van der Waals surface area contributed by atoms with Crippen LogP contribution in [-0.2, 0) is 14.3 Å². The first-order valence-electron chi connectivity index (χ1n) is 22.9. The molecule has 6 heteroatoms. The molecule has 1 aliphatic carbocycles. The number of aliphatic hydroxyl groups is 3. The fourth-order valence-electron chi connectivity index (χ4n) is 7.76. The fraction of sp³-hybridized carbons (Fsp3) is 0.611. The number of ether oxygens (including phenoxy) is 1. The number of ketones is 1. The van der Waals surface area contributed by atoms with E-state index in [9.17, 15) is 24.9 Å². The van der Waals surface area contributed by atoms with Crippen LogP contribution in [0.1, 0.15) is 179 Å². The summed E-state index contributed by atoms with van der Waals surface area (Å²) in [5, 5.41) is 31.2. The van der Waals surface area contributed by atoms with Gasteiger partial charge in [-0.15, -0.1) is 5.73 Å². The average Bonchev–Trinajstić information content (AvgIpc) is 3.13. The Labute approximate surface area is 366 Å². The maximum absolute atomic E-state index is 13.3. The SMILES string of the molecule is CCCCCCCCCCCCCC(=O)O[C@H](CC(C)O)CC(C)(C)C(=O)/C=C/C(C)=C/C=C/C(C)=C/C=C/C=C(C)/C=C/C=C(\C)C=C=C1C(C)(C)C[C@H](O)C[C@@]1(C)O. The van der Waals surface area contributed by atoms with Crippen LogP contribution < -0.4 is 0 Å². The standard InChI is InChI=1S/C54H84O6/c1-12-13-14-15-16-17-18-19-20-21-22-33-51(58)60-48(38-46(6)55)41-53(9,10)50(57)37-35-45(5)32-26-30-43(3)28-24-23-27-42(2)29-25-31-44(4)34-36-49-52(7,8)39-47(56)40-54(49,11)59/h23-32,34-35,37,46-48,55-56,59H,12-22,33,38-41H2,1-11H3/b24-23+,29-25+,30-26+,37-35+,42-27+,43-28+,44-31+,45-32+/t36?,46?,47-,48+,54+/m0/s1. The van der Waals surface area contributed by atoms with Gasteiger partial charge in [-0.05, 0) is 83.9 Å². The Bertz CT molecular complexity index is 1610. The Kier molecular flexibility index (Phi) is 26.2. The van der Waals surface area contributed by atoms with Crippen LogP contribution in [0.25, 0.3) is 0 Å². The van der Waals surface area contributed by atoms with Crippen LogP contribution in [0.2, 0.25) is 0 Å². The van der Waals surface area contributed by atoms with Crippen LogP contribution >= 0.6 is 0 Å². The molecule has 0 aromatic rings. The highest BCUT2D eigenvalue weighted by Gasteiger charge is 2.44. The van der Waals surface area contributed by atoms with E-state index < -0.39 is 29.3 Å². The number of hydrogen-bond donors (Lipinski definition) is 3. The van der Waals surface area contributed by atoms with E-state index in [1.165, 1.54) is 51.4 Å². The molecule has 0 radical (unpaired) electrons. The van der Waals surface area contributed by atoms with Gasteiger partial charge >= 0.3 is 5.97 Å². The zero-order valence-corrected chi connectivity index (χ0v) is 39.6. The minimum atomic E-state index is -1.08. The largest absolute Gasteiger partial charge is 0.462 e. The van der Waals surface area contributed by atoms with Crippen LogP contribution in [0.4, 0.5) is 0 Å². The summed E-state index contributed by atoms with van der Waals surface area (Å²) in [4.78, 5) is 26.0. The zero-order valence-electron chi connectivity index (χ0n) is 39.6. The molecule has 336 valence electrons. The van der Waals surface area contributed by atoms with E-state index in [2.05, 4.69) is 12.7 Å². The smallest absolute Gasteiger partial charge is 0.306 e. The normalized spacial score (nSPS) is 20.7. The highest BCUT2D eigenvalue weighted by Crippen LogP contribution is 2.45. The molecule has 0 aromatic carbocycles. The van der Waals surface area contributed by atoms with Crippen molar-refractivity contribution >= 4 is 11.8 Å². The molecule has 0 heterocycles. The van der Waals surface area contributed by atoms with Crippen molar-refractivity contribution in [2.24, 2.45) is 10.8 Å². The molecule has 60 heavy (non-hydrogen) atoms. The molecule has 0 aromatic heterocycles. The van der Waals surface area contributed by atoms with Crippen molar-refractivity contribution in [3.63, 3.8) is 0 Å². The number of carbonyl (C=O) groups is 2. The molecule has 1 unspecified atom stereocenters. The quantitative estimate of drug-likeness (QED) is 0.0250. The van der Waals surface area contributed by atoms with Crippen LogP contribution in [0, 0.1) is 10.8 Å². The van der Waals surface area contributed by atoms with Gasteiger partial charge in [0, 0.05) is 30.3 Å². The first-order chi connectivity index (χ1) is 28.2. The summed E-state index contributed by atoms with van der Waals surface area (Å²) in [7, 11) is 0. The summed E-state index contributed by atoms with van der Waals surface area (Å²) in [6.45, 7) is 21.5. The van der Waals surface area contributed by atoms with Crippen molar-refractivity contribution in [1.82, 2.24) is 0 Å². The van der Waals surface area contributed by atoms with Crippen molar-refractivity contribution in [3.8, 4) is 0 Å². The molecule has 0 spiro atoms. The molecule has 3 N–H and O–H groups in total. The molecule has 0 bridgehead atoms. The number of allylic oxidation sites excluding steroid dienone is 16. The minimum absolute atomic E-state index is 0.0487. The Hall–Kier alpha value is -3.54. The second-order valence-corrected chi connectivity index (χ2v) is 18.9. The summed E-state index contributed by atoms with van der Waals surface area (Å²) >= 11 is 0. The van der Waals surface area contributed by atoms with Gasteiger partial charge in [0.05, 0.1) is 17.8 Å². The van der Waals surface area contributed by atoms with Crippen molar-refractivity contribution in [3.05, 3.63) is 113 Å². The van der Waals surface area contributed by atoms with Crippen LogP contribution in [-0.4, -0.2) is 51.0 Å². The molecule has 1 aliphatic rings. The predicted molar refractivity (Wildman–Crippen MR) is 253 cm³/mol. The first kappa shape index (κ1) is 54.5. The van der Waals surface area contributed by atoms with Crippen molar-refractivity contribution in [2.45, 2.75) is 203 Å². The number of rotatable bonds is 27. The molecule has 1 fully saturated rings. The van der Waals surface area contributed by atoms with Gasteiger partial charge in [-0.1, -0.05) is 182 Å². The van der Waals surface area contributed by atoms with Crippen molar-refractivity contribution < 1.29 is 29.6 Å². The van der Waals surface area contributed by atoms with E-state index in [4.69, 9.17) is 4.74 Å². The number of hydrogen-bond acceptors (Lipinski definition) is 6. The second kappa shape index (κ2) is 28.9. The maximum Gasteiger partial charge on any atom is 0.306 e. The summed E-state index contributed by atoms with van der Waals surface area (Å²) in [6, 6.07) is 0. The predicted octanol–water partition coefficient (Wildman–Crippen LogP) is 13.4. The summed E-state index contributed by atoms with van der Waals surface area (Å²) in [5.74, 6) is -0.297. The Morgan fingerprint density at radius 1 is 0.750 bits per heavy atom. The molecule has 1 saturated carbocycles. The van der Waals surface area contributed by atoms with Crippen LogP contribution in [0.5, 0.6) is 0 Å². The number of unbranched alkanes of at least 4 members (excludes halogenated alkanes) is 10. The van der Waals surface area contributed by atoms with E-state index in [1.54, 1.807) is 19.9 Å². The number of aliphatic hydroxyl groups excluding tert-OH is 2. The van der Waals surface area contributed by atoms with Crippen LogP contribution in [0.15, 0.2) is 113 Å². The lowest BCUT2D eigenvalue weighted by molar-refractivity contribution is -0.153. The lowest BCUT2D eigenvalue weighted by Gasteiger charge is -2.43. The molecular weight excluding hydrogens is 745 g/mol. The number of carbonyl (C=O) groups excluding carboxylic acids is 2. The summed E-state index contributed by atoms with van der Waals surface area (Å²) in [5.41, 5.74) is 6.12. The Morgan fingerprint density at radius 2 is 1.23 bits per heavy atom. The average molecular weight is 829 g/mol. The lowest BCUT2D eigenvalue weighted by Crippen LogP contribution is -2.45. The van der Waals surface area contributed by atoms with E-state index in [-0.39, 0.29) is 17.2 Å². The zero-order chi connectivity index (χ0) is 45.2. The van der Waals surface area contributed by atoms with E-state index in [1.807, 2.05) is 128 Å². The van der Waals surface area contributed by atoms with Gasteiger partial charge in [0.25, 0.3) is 0 Å². The Balaban J connectivity index is 2.64. The molecule has 4 atom stereocenters. The fourth-order valence-corrected chi connectivity index (χ4v) is 7.76. The Morgan fingerprint density at radius 3 is 1.75 bits per heavy atom. The molecule has 0 amide bonds. The van der Waals surface area contributed by atoms with Gasteiger partial charge in [0.2, 0.25) is 0 Å². The molecule has 0 saturated heterocycles. The van der Waals surface area contributed by atoms with Crippen molar-refractivity contribution in [2.75, 3.05) is 0 Å². The minimum Gasteiger partial charge on any atom is -0.462 e. The lowest BCUT2D eigenvalue weighted by atomic mass is 9.65. The maximum atomic E-state index is 13.3. The molecular formula is C54H84O6. The number of esters is 1. The van der Waals surface area contributed by atoms with Gasteiger partial charge in [-0.25, -0.2) is 0 Å². The van der Waals surface area contributed by atoms with Gasteiger partial charge in [-0.2, -0.15) is 0 Å². The van der Waals surface area contributed by atoms with Gasteiger partial charge in [0.1, 0.15) is 6.10 Å². The monoisotopic (exact) mass is 829 g/mol. The van der Waals surface area contributed by atoms with E-state index in [0.29, 0.717) is 32.1 Å². The van der Waals surface area contributed by atoms with E-state index >= 15 is 0 Å². The van der Waals surface area contributed by atoms with Gasteiger partial charge in [-0.3, -0.25) is 9.59 Å². The van der Waals surface area contributed by atoms with Gasteiger partial charge < -0.3 is 20.1 Å². The third-order valence-corrected chi connectivity index (χ3v) is 11.1. The van der Waals surface area contributed by atoms with Crippen molar-refractivity contribution in [1.29, 1.82) is 0 Å². The molecule has 6 nitrogen and oxygen atoms in total. The third kappa shape index (κ3) is 24.7. The summed E-state index contributed by atoms with van der Waals surface area (Å²) in [6.07, 6.45) is 39.1. The second-order valence-electron chi connectivity index (χ2n) is 18.9. The molecule has 0 aliphatic heterocycles.